The van der Waals surface area contributed by atoms with Gasteiger partial charge in [-0.15, -0.1) is 22.6 Å². The van der Waals surface area contributed by atoms with Crippen LogP contribution >= 0.6 is 12.4 Å². The molecule has 1 saturated heterocycles. The Morgan fingerprint density at radius 1 is 1.30 bits per heavy atom. The SMILES string of the molecule is Cl.Nc1nnc(N2CCC(CO)CC2)c2ccc([N+](=O)[O-])cc12. The number of aliphatic hydroxyl groups excluding tert-OH is 1. The quantitative estimate of drug-likeness (QED) is 0.645. The smallest absolute Gasteiger partial charge is 0.270 e. The Morgan fingerprint density at radius 3 is 2.61 bits per heavy atom. The standard InChI is InChI=1S/C14H17N5O3.ClH/c15-13-12-7-10(19(21)22)1-2-11(12)14(17-16-13)18-5-3-9(8-20)4-6-18;/h1-2,7,9,20H,3-6,8H2,(H2,15,16);1H. The van der Waals surface area contributed by atoms with E-state index in [1.165, 1.54) is 12.1 Å². The minimum atomic E-state index is -0.453. The second-order valence-corrected chi connectivity index (χ2v) is 5.51. The lowest BCUT2D eigenvalue weighted by molar-refractivity contribution is -0.384. The summed E-state index contributed by atoms with van der Waals surface area (Å²) in [6, 6.07) is 4.56. The Kier molecular flexibility index (Phi) is 5.17. The first-order chi connectivity index (χ1) is 10.6. The van der Waals surface area contributed by atoms with E-state index in [4.69, 9.17) is 5.73 Å². The third-order valence-electron chi connectivity index (χ3n) is 4.16. The van der Waals surface area contributed by atoms with Gasteiger partial charge in [0.25, 0.3) is 5.69 Å². The summed E-state index contributed by atoms with van der Waals surface area (Å²) in [4.78, 5) is 12.5. The highest BCUT2D eigenvalue weighted by Crippen LogP contribution is 2.32. The number of rotatable bonds is 3. The van der Waals surface area contributed by atoms with E-state index in [0.717, 1.165) is 31.3 Å². The maximum absolute atomic E-state index is 10.9. The zero-order chi connectivity index (χ0) is 15.7. The zero-order valence-electron chi connectivity index (χ0n) is 12.4. The highest BCUT2D eigenvalue weighted by atomic mass is 35.5. The van der Waals surface area contributed by atoms with Gasteiger partial charge in [0.05, 0.1) is 4.92 Å². The average molecular weight is 340 g/mol. The molecule has 1 aromatic heterocycles. The van der Waals surface area contributed by atoms with Crippen LogP contribution in [0, 0.1) is 16.0 Å². The van der Waals surface area contributed by atoms with Crippen molar-refractivity contribution in [2.45, 2.75) is 12.8 Å². The molecule has 0 spiro atoms. The Morgan fingerprint density at radius 2 is 2.00 bits per heavy atom. The van der Waals surface area contributed by atoms with E-state index in [-0.39, 0.29) is 30.5 Å². The number of aliphatic hydroxyl groups is 1. The molecule has 1 aliphatic heterocycles. The second-order valence-electron chi connectivity index (χ2n) is 5.51. The molecule has 3 N–H and O–H groups in total. The molecule has 8 nitrogen and oxygen atoms in total. The first-order valence-corrected chi connectivity index (χ1v) is 7.16. The summed E-state index contributed by atoms with van der Waals surface area (Å²) in [6.45, 7) is 1.75. The number of fused-ring (bicyclic) bond motifs is 1. The second kappa shape index (κ2) is 6.93. The maximum Gasteiger partial charge on any atom is 0.270 e. The monoisotopic (exact) mass is 339 g/mol. The van der Waals surface area contributed by atoms with Gasteiger partial charge in [-0.2, -0.15) is 0 Å². The number of nitrogens with zero attached hydrogens (tertiary/aromatic N) is 4. The number of hydrogen-bond donors (Lipinski definition) is 2. The molecule has 1 fully saturated rings. The predicted octanol–water partition coefficient (Wildman–Crippen LogP) is 1.75. The van der Waals surface area contributed by atoms with Crippen molar-refractivity contribution in [2.24, 2.45) is 5.92 Å². The van der Waals surface area contributed by atoms with Gasteiger partial charge in [-0.1, -0.05) is 0 Å². The molecule has 2 aromatic rings. The summed E-state index contributed by atoms with van der Waals surface area (Å²) in [5, 5.41) is 29.5. The van der Waals surface area contributed by atoms with Crippen LogP contribution in [-0.2, 0) is 0 Å². The molecule has 3 rings (SSSR count). The first-order valence-electron chi connectivity index (χ1n) is 7.16. The normalized spacial score (nSPS) is 15.4. The summed E-state index contributed by atoms with van der Waals surface area (Å²) in [5.74, 6) is 1.20. The van der Waals surface area contributed by atoms with Crippen molar-refractivity contribution in [3.05, 3.63) is 28.3 Å². The zero-order valence-corrected chi connectivity index (χ0v) is 13.2. The summed E-state index contributed by atoms with van der Waals surface area (Å²) in [7, 11) is 0. The lowest BCUT2D eigenvalue weighted by Gasteiger charge is -2.32. The maximum atomic E-state index is 10.9. The minimum absolute atomic E-state index is 0. The number of nitro benzene ring substituents is 1. The molecule has 2 heterocycles. The van der Waals surface area contributed by atoms with Gasteiger partial charge in [-0.05, 0) is 24.8 Å². The number of anilines is 2. The lowest BCUT2D eigenvalue weighted by Crippen LogP contribution is -2.35. The van der Waals surface area contributed by atoms with Crippen LogP contribution in [0.4, 0.5) is 17.3 Å². The Balaban J connectivity index is 0.00000192. The van der Waals surface area contributed by atoms with Crippen LogP contribution in [0.5, 0.6) is 0 Å². The van der Waals surface area contributed by atoms with Gasteiger partial charge in [-0.25, -0.2) is 0 Å². The number of aromatic nitrogens is 2. The average Bonchev–Trinajstić information content (AvgIpc) is 2.55. The minimum Gasteiger partial charge on any atom is -0.396 e. The van der Waals surface area contributed by atoms with Crippen molar-refractivity contribution < 1.29 is 10.0 Å². The van der Waals surface area contributed by atoms with Crippen LogP contribution in [0.25, 0.3) is 10.8 Å². The fraction of sp³-hybridized carbons (Fsp3) is 0.429. The molecule has 0 radical (unpaired) electrons. The Bertz CT molecular complexity index is 719. The topological polar surface area (TPSA) is 118 Å². The number of nitro groups is 1. The summed E-state index contributed by atoms with van der Waals surface area (Å²) < 4.78 is 0. The van der Waals surface area contributed by atoms with E-state index in [1.54, 1.807) is 6.07 Å². The molecule has 9 heteroatoms. The highest BCUT2D eigenvalue weighted by molar-refractivity contribution is 5.99. The van der Waals surface area contributed by atoms with Crippen molar-refractivity contribution in [1.82, 2.24) is 10.2 Å². The summed E-state index contributed by atoms with van der Waals surface area (Å²) in [5.41, 5.74) is 5.80. The van der Waals surface area contributed by atoms with Crippen LogP contribution in [0.3, 0.4) is 0 Å². The molecule has 0 saturated carbocycles. The van der Waals surface area contributed by atoms with Crippen LogP contribution < -0.4 is 10.6 Å². The van der Waals surface area contributed by atoms with Gasteiger partial charge >= 0.3 is 0 Å². The van der Waals surface area contributed by atoms with Crippen molar-refractivity contribution >= 4 is 40.5 Å². The number of halogens is 1. The third-order valence-corrected chi connectivity index (χ3v) is 4.16. The third kappa shape index (κ3) is 3.27. The van der Waals surface area contributed by atoms with Gasteiger partial charge < -0.3 is 15.7 Å². The van der Waals surface area contributed by atoms with Gasteiger partial charge in [0.1, 0.15) is 0 Å². The number of piperidine rings is 1. The number of benzene rings is 1. The number of non-ortho nitro benzene ring substituents is 1. The first kappa shape index (κ1) is 17.2. The Hall–Kier alpha value is -2.19. The molecule has 124 valence electrons. The largest absolute Gasteiger partial charge is 0.396 e. The molecule has 1 aliphatic rings. The van der Waals surface area contributed by atoms with Crippen molar-refractivity contribution in [2.75, 3.05) is 30.3 Å². The molecule has 0 bridgehead atoms. The van der Waals surface area contributed by atoms with E-state index in [2.05, 4.69) is 15.1 Å². The van der Waals surface area contributed by atoms with E-state index in [0.29, 0.717) is 17.1 Å². The molecule has 0 amide bonds. The van der Waals surface area contributed by atoms with E-state index >= 15 is 0 Å². The molecule has 0 aliphatic carbocycles. The lowest BCUT2D eigenvalue weighted by atomic mass is 9.97. The highest BCUT2D eigenvalue weighted by Gasteiger charge is 2.22. The predicted molar refractivity (Wildman–Crippen MR) is 89.9 cm³/mol. The van der Waals surface area contributed by atoms with Crippen molar-refractivity contribution in [1.29, 1.82) is 0 Å². The fourth-order valence-corrected chi connectivity index (χ4v) is 2.82. The van der Waals surface area contributed by atoms with E-state index in [9.17, 15) is 15.2 Å². The molecular formula is C14H18ClN5O3. The number of hydrogen-bond acceptors (Lipinski definition) is 7. The summed E-state index contributed by atoms with van der Waals surface area (Å²) >= 11 is 0. The molecule has 0 atom stereocenters. The Labute approximate surface area is 138 Å². The van der Waals surface area contributed by atoms with E-state index < -0.39 is 4.92 Å². The number of nitrogen functional groups attached to an aromatic ring is 1. The summed E-state index contributed by atoms with van der Waals surface area (Å²) in [6.07, 6.45) is 1.77. The molecule has 1 aromatic carbocycles. The van der Waals surface area contributed by atoms with Gasteiger partial charge in [0.2, 0.25) is 0 Å². The molecule has 0 unspecified atom stereocenters. The van der Waals surface area contributed by atoms with Crippen molar-refractivity contribution in [3.63, 3.8) is 0 Å². The van der Waals surface area contributed by atoms with Crippen LogP contribution in [0.2, 0.25) is 0 Å². The van der Waals surface area contributed by atoms with Crippen molar-refractivity contribution in [3.8, 4) is 0 Å². The van der Waals surface area contributed by atoms with Gasteiger partial charge in [0.15, 0.2) is 11.6 Å². The number of nitrogens with two attached hydrogens (primary N) is 1. The van der Waals surface area contributed by atoms with Crippen LogP contribution in [-0.4, -0.2) is 39.9 Å². The van der Waals surface area contributed by atoms with Gasteiger partial charge in [0, 0.05) is 42.6 Å². The van der Waals surface area contributed by atoms with Crippen LogP contribution in [0.1, 0.15) is 12.8 Å². The molecular weight excluding hydrogens is 322 g/mol. The fourth-order valence-electron chi connectivity index (χ4n) is 2.82. The van der Waals surface area contributed by atoms with Gasteiger partial charge in [-0.3, -0.25) is 10.1 Å². The van der Waals surface area contributed by atoms with E-state index in [1.807, 2.05) is 0 Å². The van der Waals surface area contributed by atoms with Crippen LogP contribution in [0.15, 0.2) is 18.2 Å². The molecule has 23 heavy (non-hydrogen) atoms.